The first-order valence-electron chi connectivity index (χ1n) is 6.96. The zero-order valence-corrected chi connectivity index (χ0v) is 14.8. The molecule has 0 saturated carbocycles. The van der Waals surface area contributed by atoms with Crippen LogP contribution in [0.2, 0.25) is 6.04 Å². The second-order valence-corrected chi connectivity index (χ2v) is 7.44. The SMILES string of the molecule is CNC.CO[Si](CCCN=Cc1ccccc1)(OC)OC. The van der Waals surface area contributed by atoms with Gasteiger partial charge < -0.3 is 18.6 Å². The third kappa shape index (κ3) is 8.74. The molecule has 0 heterocycles. The maximum absolute atomic E-state index is 5.34. The van der Waals surface area contributed by atoms with Gasteiger partial charge in [0.2, 0.25) is 0 Å². The van der Waals surface area contributed by atoms with E-state index in [0.29, 0.717) is 0 Å². The fourth-order valence-corrected chi connectivity index (χ4v) is 3.36. The summed E-state index contributed by atoms with van der Waals surface area (Å²) in [5.74, 6) is 0. The van der Waals surface area contributed by atoms with E-state index < -0.39 is 8.80 Å². The van der Waals surface area contributed by atoms with Gasteiger partial charge in [-0.1, -0.05) is 30.3 Å². The fourth-order valence-electron chi connectivity index (χ4n) is 1.65. The molecule has 1 aromatic carbocycles. The molecule has 0 fully saturated rings. The lowest BCUT2D eigenvalue weighted by Gasteiger charge is -2.23. The standard InChI is InChI=1S/C13H21NO3Si.C2H7N/c1-15-18(16-2,17-3)11-7-10-14-12-13-8-5-4-6-9-13;1-3-2/h4-6,8-9,12H,7,10-11H2,1-3H3;3H,1-2H3. The van der Waals surface area contributed by atoms with Crippen LogP contribution in [0, 0.1) is 0 Å². The highest BCUT2D eigenvalue weighted by atomic mass is 28.4. The largest absolute Gasteiger partial charge is 0.500 e. The van der Waals surface area contributed by atoms with Crippen molar-refractivity contribution in [3.8, 4) is 0 Å². The van der Waals surface area contributed by atoms with Crippen LogP contribution in [0.15, 0.2) is 35.3 Å². The average molecular weight is 312 g/mol. The van der Waals surface area contributed by atoms with Crippen LogP contribution in [0.25, 0.3) is 0 Å². The van der Waals surface area contributed by atoms with Gasteiger partial charge >= 0.3 is 8.80 Å². The molecule has 1 aromatic rings. The first kappa shape index (κ1) is 19.9. The van der Waals surface area contributed by atoms with Crippen molar-refractivity contribution in [3.63, 3.8) is 0 Å². The molecular weight excluding hydrogens is 284 g/mol. The van der Waals surface area contributed by atoms with Crippen LogP contribution < -0.4 is 5.32 Å². The average Bonchev–Trinajstić information content (AvgIpc) is 2.53. The first-order valence-corrected chi connectivity index (χ1v) is 8.90. The van der Waals surface area contributed by atoms with Gasteiger partial charge in [0.1, 0.15) is 0 Å². The number of hydrogen-bond acceptors (Lipinski definition) is 5. The number of aliphatic imine (C=N–C) groups is 1. The maximum atomic E-state index is 5.34. The van der Waals surface area contributed by atoms with E-state index in [-0.39, 0.29) is 0 Å². The molecular formula is C15H28N2O3Si. The Balaban J connectivity index is 0.00000122. The molecule has 0 amide bonds. The van der Waals surface area contributed by atoms with Crippen molar-refractivity contribution >= 4 is 15.0 Å². The Kier molecular flexibility index (Phi) is 12.0. The molecule has 0 radical (unpaired) electrons. The van der Waals surface area contributed by atoms with E-state index in [2.05, 4.69) is 10.3 Å². The van der Waals surface area contributed by atoms with Crippen molar-refractivity contribution in [3.05, 3.63) is 35.9 Å². The zero-order chi connectivity index (χ0) is 16.0. The molecule has 0 aromatic heterocycles. The van der Waals surface area contributed by atoms with Gasteiger partial charge in [0, 0.05) is 40.1 Å². The van der Waals surface area contributed by atoms with E-state index in [1.54, 1.807) is 21.3 Å². The van der Waals surface area contributed by atoms with Gasteiger partial charge in [0.25, 0.3) is 0 Å². The zero-order valence-electron chi connectivity index (χ0n) is 13.8. The van der Waals surface area contributed by atoms with E-state index in [1.165, 1.54) is 0 Å². The predicted molar refractivity (Wildman–Crippen MR) is 90.1 cm³/mol. The van der Waals surface area contributed by atoms with Gasteiger partial charge in [-0.05, 0) is 26.1 Å². The molecule has 0 spiro atoms. The molecule has 1 N–H and O–H groups in total. The lowest BCUT2D eigenvalue weighted by molar-refractivity contribution is 0.123. The molecule has 1 rings (SSSR count). The molecule has 0 saturated heterocycles. The second-order valence-electron chi connectivity index (χ2n) is 4.34. The molecule has 0 unspecified atom stereocenters. The summed E-state index contributed by atoms with van der Waals surface area (Å²) >= 11 is 0. The Morgan fingerprint density at radius 2 is 1.57 bits per heavy atom. The number of benzene rings is 1. The van der Waals surface area contributed by atoms with Gasteiger partial charge in [-0.2, -0.15) is 0 Å². The molecule has 0 atom stereocenters. The molecule has 0 aliphatic heterocycles. The highest BCUT2D eigenvalue weighted by molar-refractivity contribution is 6.60. The van der Waals surface area contributed by atoms with E-state index in [9.17, 15) is 0 Å². The third-order valence-electron chi connectivity index (χ3n) is 2.74. The minimum atomic E-state index is -2.42. The van der Waals surface area contributed by atoms with Crippen molar-refractivity contribution in [1.82, 2.24) is 5.32 Å². The summed E-state index contributed by atoms with van der Waals surface area (Å²) in [4.78, 5) is 4.38. The van der Waals surface area contributed by atoms with Crippen LogP contribution in [0.1, 0.15) is 12.0 Å². The van der Waals surface area contributed by atoms with Crippen molar-refractivity contribution in [2.75, 3.05) is 42.0 Å². The van der Waals surface area contributed by atoms with Crippen LogP contribution in [0.5, 0.6) is 0 Å². The summed E-state index contributed by atoms with van der Waals surface area (Å²) in [5.41, 5.74) is 1.12. The lowest BCUT2D eigenvalue weighted by atomic mass is 10.2. The van der Waals surface area contributed by atoms with Crippen LogP contribution in [0.3, 0.4) is 0 Å². The maximum Gasteiger partial charge on any atom is 0.500 e. The third-order valence-corrected chi connectivity index (χ3v) is 5.58. The summed E-state index contributed by atoms with van der Waals surface area (Å²) in [5, 5.41) is 2.75. The van der Waals surface area contributed by atoms with E-state index >= 15 is 0 Å². The lowest BCUT2D eigenvalue weighted by Crippen LogP contribution is -2.42. The van der Waals surface area contributed by atoms with Crippen LogP contribution >= 0.6 is 0 Å². The minimum absolute atomic E-state index is 0.750. The van der Waals surface area contributed by atoms with Gasteiger partial charge in [-0.3, -0.25) is 4.99 Å². The number of nitrogens with one attached hydrogen (secondary N) is 1. The van der Waals surface area contributed by atoms with Gasteiger partial charge in [-0.15, -0.1) is 0 Å². The number of hydrogen-bond donors (Lipinski definition) is 1. The Morgan fingerprint density at radius 1 is 1.05 bits per heavy atom. The summed E-state index contributed by atoms with van der Waals surface area (Å²) in [6, 6.07) is 10.8. The van der Waals surface area contributed by atoms with Crippen LogP contribution in [0.4, 0.5) is 0 Å². The minimum Gasteiger partial charge on any atom is -0.377 e. The molecule has 0 aliphatic carbocycles. The van der Waals surface area contributed by atoms with Gasteiger partial charge in [-0.25, -0.2) is 0 Å². The predicted octanol–water partition coefficient (Wildman–Crippen LogP) is 2.21. The highest BCUT2D eigenvalue weighted by Gasteiger charge is 2.36. The molecule has 120 valence electrons. The molecule has 5 nitrogen and oxygen atoms in total. The number of nitrogens with zero attached hydrogens (tertiary/aromatic N) is 1. The normalized spacial score (nSPS) is 11.3. The molecule has 21 heavy (non-hydrogen) atoms. The smallest absolute Gasteiger partial charge is 0.377 e. The fraction of sp³-hybridized carbons (Fsp3) is 0.533. The summed E-state index contributed by atoms with van der Waals surface area (Å²) < 4.78 is 16.0. The van der Waals surface area contributed by atoms with Crippen molar-refractivity contribution in [2.24, 2.45) is 4.99 Å². The van der Waals surface area contributed by atoms with E-state index in [0.717, 1.165) is 24.6 Å². The van der Waals surface area contributed by atoms with Crippen molar-refractivity contribution in [2.45, 2.75) is 12.5 Å². The highest BCUT2D eigenvalue weighted by Crippen LogP contribution is 2.14. The van der Waals surface area contributed by atoms with Crippen LogP contribution in [-0.4, -0.2) is 57.0 Å². The quantitative estimate of drug-likeness (QED) is 0.454. The Bertz CT molecular complexity index is 362. The Hall–Kier alpha value is -1.05. The first-order chi connectivity index (χ1) is 10.2. The summed E-state index contributed by atoms with van der Waals surface area (Å²) in [6.07, 6.45) is 2.78. The van der Waals surface area contributed by atoms with Gasteiger partial charge in [0.15, 0.2) is 0 Å². The van der Waals surface area contributed by atoms with Crippen LogP contribution in [-0.2, 0) is 13.3 Å². The van der Waals surface area contributed by atoms with E-state index in [1.807, 2.05) is 50.6 Å². The molecule has 6 heteroatoms. The monoisotopic (exact) mass is 312 g/mol. The molecule has 0 bridgehead atoms. The van der Waals surface area contributed by atoms with Gasteiger partial charge in [0.05, 0.1) is 0 Å². The van der Waals surface area contributed by atoms with Crippen molar-refractivity contribution in [1.29, 1.82) is 0 Å². The summed E-state index contributed by atoms with van der Waals surface area (Å²) in [6.45, 7) is 0.750. The van der Waals surface area contributed by atoms with Crippen molar-refractivity contribution < 1.29 is 13.3 Å². The molecule has 0 aliphatic rings. The summed E-state index contributed by atoms with van der Waals surface area (Å²) in [7, 11) is 6.22. The number of rotatable bonds is 8. The Morgan fingerprint density at radius 3 is 2.05 bits per heavy atom. The topological polar surface area (TPSA) is 52.1 Å². The van der Waals surface area contributed by atoms with E-state index in [4.69, 9.17) is 13.3 Å². The Labute approximate surface area is 129 Å². The second kappa shape index (κ2) is 12.7.